The Kier molecular flexibility index (Phi) is 4.18. The van der Waals surface area contributed by atoms with Crippen LogP contribution < -0.4 is 0 Å². The second kappa shape index (κ2) is 5.96. The first-order chi connectivity index (χ1) is 10.5. The maximum atomic E-state index is 12.7. The minimum absolute atomic E-state index is 0.0763. The number of benzene rings is 1. The van der Waals surface area contributed by atoms with Crippen molar-refractivity contribution < 1.29 is 9.18 Å². The summed E-state index contributed by atoms with van der Waals surface area (Å²) in [7, 11) is 0. The number of carbonyl (C=O) groups is 1. The van der Waals surface area contributed by atoms with Crippen molar-refractivity contribution in [2.75, 3.05) is 19.8 Å². The minimum Gasteiger partial charge on any atom is -0.299 e. The number of alkyl halides is 1. The predicted molar refractivity (Wildman–Crippen MR) is 86.8 cm³/mol. The molecule has 1 fully saturated rings. The van der Waals surface area contributed by atoms with Crippen LogP contribution in [0.5, 0.6) is 0 Å². The molecule has 0 bridgehead atoms. The van der Waals surface area contributed by atoms with Gasteiger partial charge < -0.3 is 0 Å². The maximum Gasteiger partial charge on any atom is 0.139 e. The Bertz CT molecular complexity index is 622. The van der Waals surface area contributed by atoms with Gasteiger partial charge in [0.2, 0.25) is 0 Å². The summed E-state index contributed by atoms with van der Waals surface area (Å²) in [5, 5.41) is 0. The zero-order chi connectivity index (χ0) is 15.9. The average molecular weight is 300 g/mol. The van der Waals surface area contributed by atoms with E-state index in [4.69, 9.17) is 0 Å². The highest BCUT2D eigenvalue weighted by molar-refractivity contribution is 5.83. The summed E-state index contributed by atoms with van der Waals surface area (Å²) < 4.78 is 12.7. The molecule has 0 radical (unpaired) electrons. The smallest absolute Gasteiger partial charge is 0.139 e. The van der Waals surface area contributed by atoms with Crippen LogP contribution in [-0.2, 0) is 11.2 Å². The van der Waals surface area contributed by atoms with Gasteiger partial charge in [-0.2, -0.15) is 0 Å². The molecule has 0 unspecified atom stereocenters. The highest BCUT2D eigenvalue weighted by Crippen LogP contribution is 2.39. The fraction of sp³-hybridized carbons (Fsp3) is 0.526. The van der Waals surface area contributed by atoms with E-state index in [0.29, 0.717) is 18.4 Å². The molecule has 2 heterocycles. The van der Waals surface area contributed by atoms with Crippen LogP contribution in [0.2, 0.25) is 0 Å². The minimum atomic E-state index is -0.519. The molecule has 0 spiro atoms. The second-order valence-electron chi connectivity index (χ2n) is 6.85. The lowest BCUT2D eigenvalue weighted by molar-refractivity contribution is -0.128. The van der Waals surface area contributed by atoms with Gasteiger partial charge in [-0.05, 0) is 54.5 Å². The Labute approximate surface area is 132 Å². The molecule has 0 aliphatic carbocycles. The van der Waals surface area contributed by atoms with E-state index in [2.05, 4.69) is 37.5 Å². The largest absolute Gasteiger partial charge is 0.299 e. The van der Waals surface area contributed by atoms with Crippen molar-refractivity contribution in [1.29, 1.82) is 0 Å². The van der Waals surface area contributed by atoms with Crippen molar-refractivity contribution >= 4 is 5.78 Å². The highest BCUT2D eigenvalue weighted by Gasteiger charge is 2.37. The molecule has 2 aliphatic rings. The van der Waals surface area contributed by atoms with E-state index in [-0.39, 0.29) is 17.7 Å². The first kappa shape index (κ1) is 15.4. The molecule has 1 saturated heterocycles. The number of ketones is 1. The van der Waals surface area contributed by atoms with Gasteiger partial charge in [-0.1, -0.05) is 18.7 Å². The zero-order valence-corrected chi connectivity index (χ0v) is 13.5. The molecule has 2 atom stereocenters. The summed E-state index contributed by atoms with van der Waals surface area (Å²) in [4.78, 5) is 14.9. The molecule has 2 nitrogen and oxygen atoms in total. The Morgan fingerprint density at radius 2 is 2.09 bits per heavy atom. The maximum absolute atomic E-state index is 12.7. The average Bonchev–Trinajstić information content (AvgIpc) is 2.49. The van der Waals surface area contributed by atoms with Crippen molar-refractivity contribution in [3.8, 4) is 0 Å². The van der Waals surface area contributed by atoms with Gasteiger partial charge in [-0.15, -0.1) is 0 Å². The first-order valence-corrected chi connectivity index (χ1v) is 8.09. The lowest BCUT2D eigenvalue weighted by Crippen LogP contribution is -2.46. The Morgan fingerprint density at radius 3 is 2.82 bits per heavy atom. The fourth-order valence-electron chi connectivity index (χ4n) is 3.82. The Balaban J connectivity index is 1.84. The fourth-order valence-corrected chi connectivity index (χ4v) is 3.82. The third-order valence-electron chi connectivity index (χ3n) is 5.25. The summed E-state index contributed by atoms with van der Waals surface area (Å²) in [6, 6.07) is 4.75. The van der Waals surface area contributed by atoms with Crippen LogP contribution in [0.15, 0.2) is 24.3 Å². The van der Waals surface area contributed by atoms with Gasteiger partial charge in [0.05, 0.1) is 0 Å². The summed E-state index contributed by atoms with van der Waals surface area (Å²) in [5.74, 6) is 0.189. The molecule has 0 saturated carbocycles. The van der Waals surface area contributed by atoms with Gasteiger partial charge in [-0.25, -0.2) is 4.39 Å². The van der Waals surface area contributed by atoms with E-state index in [1.165, 1.54) is 22.3 Å². The Morgan fingerprint density at radius 1 is 1.36 bits per heavy atom. The SMILES string of the molecule is C=C(C[18F])C[C@H]1CN2CCc3cc(C)c(C)cc3[C@@H]2CC1=O. The van der Waals surface area contributed by atoms with E-state index in [1.807, 2.05) is 0 Å². The van der Waals surface area contributed by atoms with E-state index < -0.39 is 6.67 Å². The normalized spacial score (nSPS) is 24.8. The number of hydrogen-bond acceptors (Lipinski definition) is 2. The Hall–Kier alpha value is -1.48. The van der Waals surface area contributed by atoms with Crippen molar-refractivity contribution in [3.63, 3.8) is 0 Å². The zero-order valence-electron chi connectivity index (χ0n) is 13.5. The molecular weight excluding hydrogens is 276 g/mol. The molecule has 1 aromatic rings. The molecule has 22 heavy (non-hydrogen) atoms. The first-order valence-electron chi connectivity index (χ1n) is 8.09. The number of piperidine rings is 1. The van der Waals surface area contributed by atoms with E-state index in [9.17, 15) is 9.18 Å². The van der Waals surface area contributed by atoms with Crippen LogP contribution in [-0.4, -0.2) is 30.4 Å². The highest BCUT2D eigenvalue weighted by atomic mass is 18.2. The number of Topliss-reactive ketones (excluding diaryl/α,β-unsaturated/α-hetero) is 1. The number of allylic oxidation sites excluding steroid dienone is 1. The number of fused-ring (bicyclic) bond motifs is 3. The lowest BCUT2D eigenvalue weighted by Gasteiger charge is -2.43. The van der Waals surface area contributed by atoms with E-state index >= 15 is 0 Å². The summed E-state index contributed by atoms with van der Waals surface area (Å²) >= 11 is 0. The van der Waals surface area contributed by atoms with Gasteiger partial charge in [0, 0.05) is 31.5 Å². The monoisotopic (exact) mass is 300 g/mol. The van der Waals surface area contributed by atoms with Crippen LogP contribution >= 0.6 is 0 Å². The topological polar surface area (TPSA) is 20.3 Å². The van der Waals surface area contributed by atoms with Gasteiger partial charge in [0.1, 0.15) is 12.5 Å². The van der Waals surface area contributed by atoms with Crippen LogP contribution in [0.25, 0.3) is 0 Å². The molecule has 3 rings (SSSR count). The van der Waals surface area contributed by atoms with Crippen molar-refractivity contribution in [2.45, 2.75) is 39.2 Å². The van der Waals surface area contributed by atoms with Crippen molar-refractivity contribution in [1.82, 2.24) is 4.90 Å². The summed E-state index contributed by atoms with van der Waals surface area (Å²) in [6.07, 6.45) is 2.09. The number of hydrogen-bond donors (Lipinski definition) is 0. The van der Waals surface area contributed by atoms with Gasteiger partial charge in [-0.3, -0.25) is 9.69 Å². The second-order valence-corrected chi connectivity index (χ2v) is 6.85. The molecule has 1 aromatic carbocycles. The van der Waals surface area contributed by atoms with Crippen LogP contribution in [0.4, 0.5) is 4.39 Å². The van der Waals surface area contributed by atoms with Gasteiger partial charge in [0.25, 0.3) is 0 Å². The summed E-state index contributed by atoms with van der Waals surface area (Å²) in [6.45, 7) is 9.21. The van der Waals surface area contributed by atoms with E-state index in [0.717, 1.165) is 19.5 Å². The summed E-state index contributed by atoms with van der Waals surface area (Å²) in [5.41, 5.74) is 5.88. The third kappa shape index (κ3) is 2.74. The van der Waals surface area contributed by atoms with Crippen LogP contribution in [0.1, 0.15) is 41.1 Å². The molecule has 2 aliphatic heterocycles. The lowest BCUT2D eigenvalue weighted by atomic mass is 9.80. The van der Waals surface area contributed by atoms with Crippen LogP contribution in [0.3, 0.4) is 0 Å². The molecule has 0 N–H and O–H groups in total. The quantitative estimate of drug-likeness (QED) is 0.793. The molecule has 0 amide bonds. The number of nitrogens with zero attached hydrogens (tertiary/aromatic N) is 1. The standard InChI is InChI=1S/C19H24FNO/c1-12(10-20)6-16-11-21-5-4-15-7-13(2)14(3)8-17(15)18(21)9-19(16)22/h7-8,16,18H,1,4-6,9-11H2,2-3H3/t16-,18-/m0/s1/i20-1. The molecular formula is C19H24FNO. The molecule has 118 valence electrons. The third-order valence-corrected chi connectivity index (χ3v) is 5.25. The number of carbonyl (C=O) groups excluding carboxylic acids is 1. The van der Waals surface area contributed by atoms with Gasteiger partial charge in [0.15, 0.2) is 0 Å². The van der Waals surface area contributed by atoms with Gasteiger partial charge >= 0.3 is 0 Å². The number of rotatable bonds is 3. The number of halogens is 1. The predicted octanol–water partition coefficient (Wildman–Crippen LogP) is 3.71. The number of aryl methyl sites for hydroxylation is 2. The van der Waals surface area contributed by atoms with E-state index in [1.54, 1.807) is 0 Å². The molecule has 3 heteroatoms. The van der Waals surface area contributed by atoms with Crippen LogP contribution in [0, 0.1) is 19.8 Å². The molecule has 0 aromatic heterocycles. The van der Waals surface area contributed by atoms with Crippen molar-refractivity contribution in [2.24, 2.45) is 5.92 Å². The van der Waals surface area contributed by atoms with Crippen molar-refractivity contribution in [3.05, 3.63) is 46.5 Å².